The molecule has 0 spiro atoms. The summed E-state index contributed by atoms with van der Waals surface area (Å²) in [5, 5.41) is 33.0. The fourth-order valence-corrected chi connectivity index (χ4v) is 4.56. The predicted molar refractivity (Wildman–Crippen MR) is 158 cm³/mol. The van der Waals surface area contributed by atoms with E-state index >= 15 is 0 Å². The summed E-state index contributed by atoms with van der Waals surface area (Å²) in [5.74, 6) is -0.162. The van der Waals surface area contributed by atoms with Crippen molar-refractivity contribution in [2.75, 3.05) is 6.61 Å². The van der Waals surface area contributed by atoms with E-state index in [4.69, 9.17) is 0 Å². The van der Waals surface area contributed by atoms with Crippen LogP contribution in [0.5, 0.6) is 0 Å². The smallest absolute Gasteiger partial charge is 0.220 e. The van der Waals surface area contributed by atoms with Crippen molar-refractivity contribution in [3.63, 3.8) is 0 Å². The first-order valence-corrected chi connectivity index (χ1v) is 15.6. The fraction of sp³-hybridized carbons (Fsp3) is 0.844. The molecule has 3 atom stereocenters. The van der Waals surface area contributed by atoms with Crippen LogP contribution in [0, 0.1) is 0 Å². The van der Waals surface area contributed by atoms with E-state index in [-0.39, 0.29) is 12.5 Å². The summed E-state index contributed by atoms with van der Waals surface area (Å²) < 4.78 is 0. The molecule has 37 heavy (non-hydrogen) atoms. The van der Waals surface area contributed by atoms with Gasteiger partial charge in [-0.2, -0.15) is 0 Å². The number of nitrogens with one attached hydrogen (secondary N) is 1. The molecule has 0 saturated carbocycles. The van der Waals surface area contributed by atoms with E-state index in [1.807, 2.05) is 0 Å². The van der Waals surface area contributed by atoms with Gasteiger partial charge >= 0.3 is 0 Å². The maximum absolute atomic E-state index is 12.3. The van der Waals surface area contributed by atoms with Gasteiger partial charge in [-0.1, -0.05) is 128 Å². The quantitative estimate of drug-likeness (QED) is 0.0661. The topological polar surface area (TPSA) is 89.8 Å². The average molecular weight is 524 g/mol. The number of aliphatic hydroxyl groups is 3. The van der Waals surface area contributed by atoms with E-state index in [2.05, 4.69) is 43.5 Å². The van der Waals surface area contributed by atoms with Gasteiger partial charge < -0.3 is 20.6 Å². The number of rotatable bonds is 27. The molecule has 218 valence electrons. The van der Waals surface area contributed by atoms with Gasteiger partial charge in [0.1, 0.15) is 6.10 Å². The number of hydrogen-bond acceptors (Lipinski definition) is 4. The number of aliphatic hydroxyl groups excluding tert-OH is 3. The zero-order chi connectivity index (χ0) is 27.4. The van der Waals surface area contributed by atoms with Crippen molar-refractivity contribution < 1.29 is 20.1 Å². The highest BCUT2D eigenvalue weighted by atomic mass is 16.3. The minimum absolute atomic E-state index is 0.162. The largest absolute Gasteiger partial charge is 0.394 e. The Labute approximate surface area is 229 Å². The monoisotopic (exact) mass is 523 g/mol. The third kappa shape index (κ3) is 23.7. The lowest BCUT2D eigenvalue weighted by Crippen LogP contribution is -2.50. The van der Waals surface area contributed by atoms with Crippen LogP contribution >= 0.6 is 0 Å². The molecule has 0 rings (SSSR count). The van der Waals surface area contributed by atoms with Gasteiger partial charge in [0.05, 0.1) is 18.8 Å². The van der Waals surface area contributed by atoms with Gasteiger partial charge in [0.15, 0.2) is 0 Å². The SMILES string of the molecule is CCCCC/C=C\C=C/CCCCCCCCC(=O)NC(CO)C(O)C(O)CCCCCCCCCC. The third-order valence-electron chi connectivity index (χ3n) is 7.09. The Morgan fingerprint density at radius 2 is 1.14 bits per heavy atom. The van der Waals surface area contributed by atoms with E-state index in [1.54, 1.807) is 0 Å². The highest BCUT2D eigenvalue weighted by molar-refractivity contribution is 5.76. The van der Waals surface area contributed by atoms with Crippen LogP contribution in [0.25, 0.3) is 0 Å². The van der Waals surface area contributed by atoms with E-state index in [9.17, 15) is 20.1 Å². The number of hydrogen-bond donors (Lipinski definition) is 4. The molecule has 0 saturated heterocycles. The molecule has 0 aliphatic heterocycles. The molecule has 0 aromatic rings. The first kappa shape index (κ1) is 35.8. The Morgan fingerprint density at radius 1 is 0.676 bits per heavy atom. The van der Waals surface area contributed by atoms with Crippen molar-refractivity contribution in [2.45, 2.75) is 167 Å². The first-order chi connectivity index (χ1) is 18.1. The maximum atomic E-state index is 12.3. The lowest BCUT2D eigenvalue weighted by atomic mass is 9.99. The summed E-state index contributed by atoms with van der Waals surface area (Å²) in [6.07, 6.45) is 29.8. The highest BCUT2D eigenvalue weighted by Gasteiger charge is 2.26. The molecule has 0 radical (unpaired) electrons. The first-order valence-electron chi connectivity index (χ1n) is 15.6. The molecule has 0 heterocycles. The van der Waals surface area contributed by atoms with Crippen molar-refractivity contribution in [2.24, 2.45) is 0 Å². The lowest BCUT2D eigenvalue weighted by Gasteiger charge is -2.26. The number of amides is 1. The van der Waals surface area contributed by atoms with E-state index in [0.29, 0.717) is 12.8 Å². The van der Waals surface area contributed by atoms with Crippen LogP contribution < -0.4 is 5.32 Å². The fourth-order valence-electron chi connectivity index (χ4n) is 4.56. The van der Waals surface area contributed by atoms with Crippen molar-refractivity contribution in [3.05, 3.63) is 24.3 Å². The predicted octanol–water partition coefficient (Wildman–Crippen LogP) is 7.53. The molecule has 4 N–H and O–H groups in total. The Morgan fingerprint density at radius 3 is 1.70 bits per heavy atom. The number of carbonyl (C=O) groups is 1. The standard InChI is InChI=1S/C32H61NO4/c1-3-5-7-9-11-13-14-15-16-17-18-19-21-23-25-27-31(36)33-29(28-34)32(37)30(35)26-24-22-20-12-10-8-6-4-2/h11,13-15,29-30,32,34-35,37H,3-10,12,16-28H2,1-2H3,(H,33,36)/b13-11-,15-14-. The normalized spacial score (nSPS) is 14.4. The third-order valence-corrected chi connectivity index (χ3v) is 7.09. The van der Waals surface area contributed by atoms with Crippen molar-refractivity contribution in [3.8, 4) is 0 Å². The molecular weight excluding hydrogens is 462 g/mol. The summed E-state index contributed by atoms with van der Waals surface area (Å²) in [7, 11) is 0. The number of carbonyl (C=O) groups excluding carboxylic acids is 1. The second-order valence-corrected chi connectivity index (χ2v) is 10.7. The summed E-state index contributed by atoms with van der Waals surface area (Å²) in [5.41, 5.74) is 0. The number of unbranched alkanes of at least 4 members (excludes halogenated alkanes) is 16. The summed E-state index contributed by atoms with van der Waals surface area (Å²) in [4.78, 5) is 12.3. The molecule has 5 heteroatoms. The van der Waals surface area contributed by atoms with E-state index < -0.39 is 18.2 Å². The zero-order valence-electron chi connectivity index (χ0n) is 24.3. The van der Waals surface area contributed by atoms with Crippen LogP contribution in [0.15, 0.2) is 24.3 Å². The Kier molecular flexibility index (Phi) is 27.0. The van der Waals surface area contributed by atoms with Crippen LogP contribution in [0.2, 0.25) is 0 Å². The molecule has 0 aromatic heterocycles. The Hall–Kier alpha value is -1.17. The lowest BCUT2D eigenvalue weighted by molar-refractivity contribution is -0.124. The second-order valence-electron chi connectivity index (χ2n) is 10.7. The molecular formula is C32H61NO4. The summed E-state index contributed by atoms with van der Waals surface area (Å²) in [6, 6.07) is -0.809. The van der Waals surface area contributed by atoms with Crippen molar-refractivity contribution in [1.82, 2.24) is 5.32 Å². The molecule has 0 aromatic carbocycles. The van der Waals surface area contributed by atoms with Crippen LogP contribution in [0.4, 0.5) is 0 Å². The zero-order valence-corrected chi connectivity index (χ0v) is 24.3. The Bertz CT molecular complexity index is 549. The van der Waals surface area contributed by atoms with Crippen LogP contribution in [-0.4, -0.2) is 46.1 Å². The summed E-state index contributed by atoms with van der Waals surface area (Å²) >= 11 is 0. The van der Waals surface area contributed by atoms with Gasteiger partial charge in [0.2, 0.25) is 5.91 Å². The second kappa shape index (κ2) is 27.9. The van der Waals surface area contributed by atoms with Crippen LogP contribution in [0.1, 0.15) is 149 Å². The molecule has 3 unspecified atom stereocenters. The van der Waals surface area contributed by atoms with Crippen LogP contribution in [-0.2, 0) is 4.79 Å². The minimum atomic E-state index is -1.14. The number of allylic oxidation sites excluding steroid dienone is 4. The van der Waals surface area contributed by atoms with Crippen molar-refractivity contribution >= 4 is 5.91 Å². The highest BCUT2D eigenvalue weighted by Crippen LogP contribution is 2.14. The molecule has 5 nitrogen and oxygen atoms in total. The minimum Gasteiger partial charge on any atom is -0.394 e. The van der Waals surface area contributed by atoms with Gasteiger partial charge in [-0.25, -0.2) is 0 Å². The molecule has 0 aliphatic rings. The van der Waals surface area contributed by atoms with Gasteiger partial charge in [-0.3, -0.25) is 4.79 Å². The Balaban J connectivity index is 3.77. The molecule has 0 fully saturated rings. The molecule has 0 aliphatic carbocycles. The van der Waals surface area contributed by atoms with Crippen LogP contribution in [0.3, 0.4) is 0 Å². The van der Waals surface area contributed by atoms with E-state index in [0.717, 1.165) is 44.9 Å². The maximum Gasteiger partial charge on any atom is 0.220 e. The van der Waals surface area contributed by atoms with Gasteiger partial charge in [0, 0.05) is 6.42 Å². The van der Waals surface area contributed by atoms with E-state index in [1.165, 1.54) is 77.0 Å². The van der Waals surface area contributed by atoms with Gasteiger partial charge in [-0.05, 0) is 38.5 Å². The summed E-state index contributed by atoms with van der Waals surface area (Å²) in [6.45, 7) is 4.07. The van der Waals surface area contributed by atoms with Gasteiger partial charge in [-0.15, -0.1) is 0 Å². The van der Waals surface area contributed by atoms with Crippen molar-refractivity contribution in [1.29, 1.82) is 0 Å². The molecule has 1 amide bonds. The molecule has 0 bridgehead atoms. The average Bonchev–Trinajstić information content (AvgIpc) is 2.90. The van der Waals surface area contributed by atoms with Gasteiger partial charge in [0.25, 0.3) is 0 Å².